The van der Waals surface area contributed by atoms with Gasteiger partial charge in [-0.2, -0.15) is 5.10 Å². The molecule has 0 bridgehead atoms. The Morgan fingerprint density at radius 1 is 1.29 bits per heavy atom. The zero-order valence-corrected chi connectivity index (χ0v) is 22.4. The van der Waals surface area contributed by atoms with Crippen LogP contribution in [0.5, 0.6) is 5.75 Å². The van der Waals surface area contributed by atoms with Gasteiger partial charge in [0.25, 0.3) is 11.5 Å². The number of hydrogen-bond donors (Lipinski definition) is 2. The van der Waals surface area contributed by atoms with Crippen LogP contribution >= 0.6 is 11.6 Å². The summed E-state index contributed by atoms with van der Waals surface area (Å²) in [6, 6.07) is 7.40. The van der Waals surface area contributed by atoms with E-state index in [0.717, 1.165) is 11.1 Å². The number of nitrogens with one attached hydrogen (secondary N) is 1. The van der Waals surface area contributed by atoms with Crippen LogP contribution in [-0.4, -0.2) is 48.2 Å². The van der Waals surface area contributed by atoms with Crippen LogP contribution in [-0.2, 0) is 18.3 Å². The Bertz CT molecular complexity index is 1490. The minimum atomic E-state index is -0.777. The van der Waals surface area contributed by atoms with Crippen molar-refractivity contribution >= 4 is 23.2 Å². The number of nitrogens with zero attached hydrogens (tertiary/aromatic N) is 5. The Labute approximate surface area is 224 Å². The molecule has 0 fully saturated rings. The van der Waals surface area contributed by atoms with Crippen molar-refractivity contribution in [3.8, 4) is 5.75 Å². The lowest BCUT2D eigenvalue weighted by molar-refractivity contribution is 0.00539. The SMILES string of the molecule is COC(C)(C)Cn1cc([C@H](c2ccccc2Cl)[C@@H](C)c2nc(C(=O)Nc3cnoc3)c(O)c(=O)n2C)cn1. The predicted octanol–water partition coefficient (Wildman–Crippen LogP) is 3.94. The summed E-state index contributed by atoms with van der Waals surface area (Å²) in [5, 5.41) is 21.6. The Morgan fingerprint density at radius 2 is 2.03 bits per heavy atom. The third kappa shape index (κ3) is 5.48. The number of halogens is 1. The zero-order chi connectivity index (χ0) is 27.6. The number of rotatable bonds is 9. The topological polar surface area (TPSA) is 137 Å². The van der Waals surface area contributed by atoms with E-state index < -0.39 is 34.4 Å². The molecule has 0 spiro atoms. The van der Waals surface area contributed by atoms with Gasteiger partial charge in [0.1, 0.15) is 17.8 Å². The molecule has 0 aliphatic carbocycles. The molecule has 12 heteroatoms. The summed E-state index contributed by atoms with van der Waals surface area (Å²) in [5.41, 5.74) is 0.274. The van der Waals surface area contributed by atoms with Crippen molar-refractivity contribution in [2.45, 2.75) is 44.8 Å². The summed E-state index contributed by atoms with van der Waals surface area (Å²) in [4.78, 5) is 30.3. The number of methoxy groups -OCH3 is 1. The van der Waals surface area contributed by atoms with E-state index >= 15 is 0 Å². The fourth-order valence-corrected chi connectivity index (χ4v) is 4.58. The molecule has 0 radical (unpaired) electrons. The van der Waals surface area contributed by atoms with Gasteiger partial charge in [0, 0.05) is 37.2 Å². The molecular formula is C26H29ClN6O5. The van der Waals surface area contributed by atoms with E-state index in [1.165, 1.54) is 24.1 Å². The predicted molar refractivity (Wildman–Crippen MR) is 141 cm³/mol. The third-order valence-corrected chi connectivity index (χ3v) is 6.81. The number of aromatic nitrogens is 5. The maximum absolute atomic E-state index is 13.0. The highest BCUT2D eigenvalue weighted by molar-refractivity contribution is 6.31. The van der Waals surface area contributed by atoms with Crippen LogP contribution < -0.4 is 10.9 Å². The van der Waals surface area contributed by atoms with Crippen LogP contribution in [0, 0.1) is 0 Å². The van der Waals surface area contributed by atoms with E-state index in [1.54, 1.807) is 24.1 Å². The van der Waals surface area contributed by atoms with Gasteiger partial charge in [-0.3, -0.25) is 18.8 Å². The Kier molecular flexibility index (Phi) is 7.70. The monoisotopic (exact) mass is 540 g/mol. The first kappa shape index (κ1) is 27.1. The molecule has 2 N–H and O–H groups in total. The van der Waals surface area contributed by atoms with Gasteiger partial charge in [0.05, 0.1) is 24.5 Å². The molecule has 0 aliphatic heterocycles. The minimum Gasteiger partial charge on any atom is -0.501 e. The standard InChI is InChI=1S/C26H29ClN6O5/c1-15(23-31-21(22(34)25(36)32(23)4)24(35)30-17-11-29-38-13-17)20(18-8-6-7-9-19(18)27)16-10-28-33(12-16)14-26(2,3)37-5/h6-13,15,20,34H,14H2,1-5H3,(H,30,35)/t15-,20-/m1/s1. The van der Waals surface area contributed by atoms with E-state index in [-0.39, 0.29) is 17.4 Å². The maximum atomic E-state index is 13.0. The van der Waals surface area contributed by atoms with Crippen LogP contribution in [0.4, 0.5) is 5.69 Å². The molecule has 200 valence electrons. The first-order valence-corrected chi connectivity index (χ1v) is 12.2. The van der Waals surface area contributed by atoms with Crippen molar-refractivity contribution in [1.29, 1.82) is 0 Å². The molecule has 3 aromatic heterocycles. The highest BCUT2D eigenvalue weighted by Gasteiger charge is 2.31. The highest BCUT2D eigenvalue weighted by atomic mass is 35.5. The Balaban J connectivity index is 1.80. The van der Waals surface area contributed by atoms with Crippen molar-refractivity contribution in [1.82, 2.24) is 24.5 Å². The van der Waals surface area contributed by atoms with Gasteiger partial charge < -0.3 is 19.7 Å². The molecule has 4 rings (SSSR count). The van der Waals surface area contributed by atoms with Crippen molar-refractivity contribution in [2.24, 2.45) is 7.05 Å². The summed E-state index contributed by atoms with van der Waals surface area (Å²) >= 11 is 6.64. The lowest BCUT2D eigenvalue weighted by Gasteiger charge is -2.26. The number of carbonyl (C=O) groups is 1. The second-order valence-corrected chi connectivity index (χ2v) is 10.0. The third-order valence-electron chi connectivity index (χ3n) is 6.46. The molecular weight excluding hydrogens is 512 g/mol. The zero-order valence-electron chi connectivity index (χ0n) is 21.7. The van der Waals surface area contributed by atoms with E-state index in [4.69, 9.17) is 20.9 Å². The maximum Gasteiger partial charge on any atom is 0.296 e. The minimum absolute atomic E-state index is 0.256. The van der Waals surface area contributed by atoms with Crippen LogP contribution in [0.15, 0.2) is 58.4 Å². The van der Waals surface area contributed by atoms with Gasteiger partial charge in [0.15, 0.2) is 5.69 Å². The summed E-state index contributed by atoms with van der Waals surface area (Å²) in [6.07, 6.45) is 6.16. The van der Waals surface area contributed by atoms with Gasteiger partial charge in [-0.25, -0.2) is 4.98 Å². The summed E-state index contributed by atoms with van der Waals surface area (Å²) in [5.74, 6) is -2.12. The fraction of sp³-hybridized carbons (Fsp3) is 0.346. The number of anilines is 1. The number of carbonyl (C=O) groups excluding carboxylic acids is 1. The van der Waals surface area contributed by atoms with Crippen LogP contribution in [0.2, 0.25) is 5.02 Å². The molecule has 38 heavy (non-hydrogen) atoms. The molecule has 2 atom stereocenters. The van der Waals surface area contributed by atoms with Crippen LogP contribution in [0.3, 0.4) is 0 Å². The van der Waals surface area contributed by atoms with Gasteiger partial charge in [0.2, 0.25) is 5.75 Å². The Hall–Kier alpha value is -3.96. The van der Waals surface area contributed by atoms with Gasteiger partial charge in [-0.15, -0.1) is 0 Å². The van der Waals surface area contributed by atoms with Gasteiger partial charge >= 0.3 is 0 Å². The normalized spacial score (nSPS) is 13.3. The number of benzene rings is 1. The van der Waals surface area contributed by atoms with Crippen molar-refractivity contribution < 1.29 is 19.2 Å². The molecule has 3 heterocycles. The summed E-state index contributed by atoms with van der Waals surface area (Å²) < 4.78 is 13.3. The van der Waals surface area contributed by atoms with Crippen LogP contribution in [0.1, 0.15) is 60.0 Å². The van der Waals surface area contributed by atoms with E-state index in [2.05, 4.69) is 20.6 Å². The first-order valence-electron chi connectivity index (χ1n) is 11.8. The highest BCUT2D eigenvalue weighted by Crippen LogP contribution is 2.40. The van der Waals surface area contributed by atoms with E-state index in [9.17, 15) is 14.7 Å². The molecule has 4 aromatic rings. The van der Waals surface area contributed by atoms with Crippen LogP contribution in [0.25, 0.3) is 0 Å². The summed E-state index contributed by atoms with van der Waals surface area (Å²) in [6.45, 7) is 6.32. The number of ether oxygens (including phenoxy) is 1. The molecule has 0 saturated heterocycles. The second-order valence-electron chi connectivity index (χ2n) is 9.62. The Morgan fingerprint density at radius 3 is 2.68 bits per heavy atom. The molecule has 1 aromatic carbocycles. The van der Waals surface area contributed by atoms with Crippen molar-refractivity contribution in [3.63, 3.8) is 0 Å². The molecule has 1 amide bonds. The molecule has 0 aliphatic rings. The second kappa shape index (κ2) is 10.8. The first-order chi connectivity index (χ1) is 18.0. The summed E-state index contributed by atoms with van der Waals surface area (Å²) in [7, 11) is 3.14. The average molecular weight is 541 g/mol. The average Bonchev–Trinajstić information content (AvgIpc) is 3.56. The van der Waals surface area contributed by atoms with E-state index in [1.807, 2.05) is 45.2 Å². The number of aromatic hydroxyl groups is 1. The lowest BCUT2D eigenvalue weighted by Crippen LogP contribution is -2.29. The molecule has 11 nitrogen and oxygen atoms in total. The largest absolute Gasteiger partial charge is 0.501 e. The number of amides is 1. The van der Waals surface area contributed by atoms with Crippen molar-refractivity contribution in [3.05, 3.63) is 87.1 Å². The smallest absolute Gasteiger partial charge is 0.296 e. The lowest BCUT2D eigenvalue weighted by atomic mass is 9.82. The molecule has 0 saturated carbocycles. The van der Waals surface area contributed by atoms with Gasteiger partial charge in [-0.1, -0.05) is 41.9 Å². The quantitative estimate of drug-likeness (QED) is 0.325. The fourth-order valence-electron chi connectivity index (χ4n) is 4.32. The number of hydrogen-bond acceptors (Lipinski definition) is 8. The van der Waals surface area contributed by atoms with E-state index in [0.29, 0.717) is 11.6 Å². The molecule has 0 unspecified atom stereocenters. The van der Waals surface area contributed by atoms with Gasteiger partial charge in [-0.05, 0) is 31.0 Å². The van der Waals surface area contributed by atoms with Crippen molar-refractivity contribution in [2.75, 3.05) is 12.4 Å².